The van der Waals surface area contributed by atoms with Crippen LogP contribution in [0.15, 0.2) is 45.5 Å². The van der Waals surface area contributed by atoms with E-state index in [1.54, 1.807) is 0 Å². The number of ether oxygens (including phenoxy) is 1. The molecule has 0 saturated heterocycles. The van der Waals surface area contributed by atoms with Crippen molar-refractivity contribution in [2.75, 3.05) is 6.54 Å². The number of pyridine rings is 1. The van der Waals surface area contributed by atoms with Gasteiger partial charge in [0, 0.05) is 23.3 Å². The van der Waals surface area contributed by atoms with Gasteiger partial charge in [0.2, 0.25) is 5.88 Å². The van der Waals surface area contributed by atoms with Crippen LogP contribution in [0.4, 0.5) is 0 Å². The summed E-state index contributed by atoms with van der Waals surface area (Å²) in [6.45, 7) is 4.01. The molecule has 0 saturated carbocycles. The van der Waals surface area contributed by atoms with Crippen molar-refractivity contribution in [2.45, 2.75) is 19.9 Å². The van der Waals surface area contributed by atoms with E-state index in [-0.39, 0.29) is 0 Å². The molecule has 0 spiro atoms. The summed E-state index contributed by atoms with van der Waals surface area (Å²) in [5, 5.41) is 3.34. The molecule has 1 aromatic carbocycles. The largest absolute Gasteiger partial charge is 0.438 e. The van der Waals surface area contributed by atoms with Gasteiger partial charge >= 0.3 is 0 Å². The number of nitrogens with zero attached hydrogens (tertiary/aromatic N) is 1. The normalized spacial score (nSPS) is 10.6. The third-order valence-corrected chi connectivity index (χ3v) is 3.77. The minimum atomic E-state index is 0.590. The van der Waals surface area contributed by atoms with E-state index in [1.807, 2.05) is 36.5 Å². The number of benzene rings is 1. The van der Waals surface area contributed by atoms with Crippen LogP contribution >= 0.6 is 31.9 Å². The van der Waals surface area contributed by atoms with Gasteiger partial charge in [-0.25, -0.2) is 4.98 Å². The Labute approximate surface area is 136 Å². The molecular weight excluding hydrogens is 384 g/mol. The summed E-state index contributed by atoms with van der Waals surface area (Å²) in [4.78, 5) is 4.32. The lowest BCUT2D eigenvalue weighted by atomic mass is 10.3. The highest BCUT2D eigenvalue weighted by Gasteiger charge is 2.04. The Morgan fingerprint density at radius 2 is 2.05 bits per heavy atom. The quantitative estimate of drug-likeness (QED) is 0.701. The Bertz CT molecular complexity index is 558. The summed E-state index contributed by atoms with van der Waals surface area (Å²) in [6, 6.07) is 9.68. The van der Waals surface area contributed by atoms with Gasteiger partial charge in [-0.3, -0.25) is 0 Å². The summed E-state index contributed by atoms with van der Waals surface area (Å²) in [6.07, 6.45) is 2.97. The fraction of sp³-hybridized carbons (Fsp3) is 0.267. The Kier molecular flexibility index (Phi) is 6.01. The van der Waals surface area contributed by atoms with Gasteiger partial charge in [-0.1, -0.05) is 28.9 Å². The molecule has 1 heterocycles. The van der Waals surface area contributed by atoms with Crippen LogP contribution in [-0.4, -0.2) is 11.5 Å². The Morgan fingerprint density at radius 3 is 2.70 bits per heavy atom. The SMILES string of the molecule is CCCNCc1ccc(Oc2ccc(Br)cc2Br)nc1. The number of halogens is 2. The smallest absolute Gasteiger partial charge is 0.219 e. The molecule has 0 aliphatic rings. The Morgan fingerprint density at radius 1 is 1.20 bits per heavy atom. The molecule has 1 N–H and O–H groups in total. The molecule has 0 fully saturated rings. The van der Waals surface area contributed by atoms with Gasteiger partial charge in [-0.2, -0.15) is 0 Å². The second-order valence-corrected chi connectivity index (χ2v) is 6.13. The maximum absolute atomic E-state index is 5.75. The average molecular weight is 400 g/mol. The van der Waals surface area contributed by atoms with Crippen LogP contribution in [0, 0.1) is 0 Å². The molecule has 0 bridgehead atoms. The molecule has 1 aromatic heterocycles. The number of hydrogen-bond donors (Lipinski definition) is 1. The predicted octanol–water partition coefficient (Wildman–Crippen LogP) is 4.90. The second kappa shape index (κ2) is 7.76. The van der Waals surface area contributed by atoms with Crippen LogP contribution in [0.2, 0.25) is 0 Å². The van der Waals surface area contributed by atoms with Crippen molar-refractivity contribution in [2.24, 2.45) is 0 Å². The molecule has 0 aliphatic heterocycles. The van der Waals surface area contributed by atoms with E-state index in [1.165, 1.54) is 0 Å². The van der Waals surface area contributed by atoms with Gasteiger partial charge in [0.15, 0.2) is 0 Å². The molecule has 106 valence electrons. The molecular formula is C15H16Br2N2O. The summed E-state index contributed by atoms with van der Waals surface area (Å²) < 4.78 is 7.64. The Balaban J connectivity index is 1.99. The maximum Gasteiger partial charge on any atom is 0.219 e. The van der Waals surface area contributed by atoms with E-state index in [9.17, 15) is 0 Å². The van der Waals surface area contributed by atoms with Gasteiger partial charge in [-0.05, 0) is 52.7 Å². The number of rotatable bonds is 6. The third kappa shape index (κ3) is 4.58. The standard InChI is InChI=1S/C15H16Br2N2O/c1-2-7-18-9-11-3-6-15(19-10-11)20-14-5-4-12(16)8-13(14)17/h3-6,8,10,18H,2,7,9H2,1H3. The van der Waals surface area contributed by atoms with E-state index in [4.69, 9.17) is 4.74 Å². The van der Waals surface area contributed by atoms with Crippen LogP contribution in [0.3, 0.4) is 0 Å². The minimum absolute atomic E-state index is 0.590. The van der Waals surface area contributed by atoms with E-state index in [0.717, 1.165) is 39.8 Å². The lowest BCUT2D eigenvalue weighted by Crippen LogP contribution is -2.13. The highest BCUT2D eigenvalue weighted by molar-refractivity contribution is 9.11. The summed E-state index contributed by atoms with van der Waals surface area (Å²) in [5.74, 6) is 1.34. The van der Waals surface area contributed by atoms with Crippen LogP contribution in [0.1, 0.15) is 18.9 Å². The zero-order chi connectivity index (χ0) is 14.4. The van der Waals surface area contributed by atoms with Gasteiger partial charge in [0.25, 0.3) is 0 Å². The van der Waals surface area contributed by atoms with Crippen molar-refractivity contribution in [1.29, 1.82) is 0 Å². The van der Waals surface area contributed by atoms with Crippen molar-refractivity contribution >= 4 is 31.9 Å². The minimum Gasteiger partial charge on any atom is -0.438 e. The maximum atomic E-state index is 5.75. The lowest BCUT2D eigenvalue weighted by molar-refractivity contribution is 0.459. The van der Waals surface area contributed by atoms with Gasteiger partial charge < -0.3 is 10.1 Å². The zero-order valence-corrected chi connectivity index (χ0v) is 14.4. The van der Waals surface area contributed by atoms with E-state index >= 15 is 0 Å². The molecule has 5 heteroatoms. The topological polar surface area (TPSA) is 34.1 Å². The van der Waals surface area contributed by atoms with E-state index in [0.29, 0.717) is 5.88 Å². The van der Waals surface area contributed by atoms with Crippen LogP contribution in [-0.2, 0) is 6.54 Å². The molecule has 2 rings (SSSR count). The van der Waals surface area contributed by atoms with Crippen LogP contribution in [0.25, 0.3) is 0 Å². The lowest BCUT2D eigenvalue weighted by Gasteiger charge is -2.08. The first-order valence-corrected chi connectivity index (χ1v) is 8.06. The second-order valence-electron chi connectivity index (χ2n) is 4.36. The van der Waals surface area contributed by atoms with Crippen molar-refractivity contribution < 1.29 is 4.74 Å². The Hall–Kier alpha value is -0.910. The van der Waals surface area contributed by atoms with Crippen molar-refractivity contribution in [1.82, 2.24) is 10.3 Å². The summed E-state index contributed by atoms with van der Waals surface area (Å²) >= 11 is 6.88. The highest BCUT2D eigenvalue weighted by Crippen LogP contribution is 2.31. The third-order valence-electron chi connectivity index (χ3n) is 2.66. The predicted molar refractivity (Wildman–Crippen MR) is 88.2 cm³/mol. The van der Waals surface area contributed by atoms with Crippen molar-refractivity contribution in [3.05, 3.63) is 51.0 Å². The first-order chi connectivity index (χ1) is 9.69. The molecule has 20 heavy (non-hydrogen) atoms. The van der Waals surface area contributed by atoms with E-state index in [2.05, 4.69) is 49.1 Å². The molecule has 2 aromatic rings. The summed E-state index contributed by atoms with van der Waals surface area (Å²) in [7, 11) is 0. The zero-order valence-electron chi connectivity index (χ0n) is 11.2. The van der Waals surface area contributed by atoms with Crippen LogP contribution < -0.4 is 10.1 Å². The van der Waals surface area contributed by atoms with Gasteiger partial charge in [0.1, 0.15) is 5.75 Å². The van der Waals surface area contributed by atoms with E-state index < -0.39 is 0 Å². The molecule has 0 aliphatic carbocycles. The fourth-order valence-corrected chi connectivity index (χ4v) is 2.78. The van der Waals surface area contributed by atoms with Gasteiger partial charge in [0.05, 0.1) is 4.47 Å². The first-order valence-electron chi connectivity index (χ1n) is 6.47. The first kappa shape index (κ1) is 15.5. The molecule has 0 radical (unpaired) electrons. The average Bonchev–Trinajstić information content (AvgIpc) is 2.44. The van der Waals surface area contributed by atoms with Crippen molar-refractivity contribution in [3.8, 4) is 11.6 Å². The highest BCUT2D eigenvalue weighted by atomic mass is 79.9. The van der Waals surface area contributed by atoms with Gasteiger partial charge in [-0.15, -0.1) is 0 Å². The van der Waals surface area contributed by atoms with Crippen LogP contribution in [0.5, 0.6) is 11.6 Å². The number of aromatic nitrogens is 1. The van der Waals surface area contributed by atoms with Crippen molar-refractivity contribution in [3.63, 3.8) is 0 Å². The molecule has 0 amide bonds. The molecule has 3 nitrogen and oxygen atoms in total. The molecule has 0 unspecified atom stereocenters. The monoisotopic (exact) mass is 398 g/mol. The number of nitrogens with one attached hydrogen (secondary N) is 1. The summed E-state index contributed by atoms with van der Waals surface area (Å²) in [5.41, 5.74) is 1.15. The number of hydrogen-bond acceptors (Lipinski definition) is 3. The fourth-order valence-electron chi connectivity index (χ4n) is 1.66. The molecule has 0 atom stereocenters.